The van der Waals surface area contributed by atoms with E-state index in [-0.39, 0.29) is 16.6 Å². The van der Waals surface area contributed by atoms with Crippen LogP contribution < -0.4 is 19.1 Å². The molecule has 1 N–H and O–H groups in total. The summed E-state index contributed by atoms with van der Waals surface area (Å²) in [4.78, 5) is 14.3. The van der Waals surface area contributed by atoms with E-state index in [2.05, 4.69) is 4.72 Å². The molecular weight excluding hydrogens is 392 g/mol. The Kier molecular flexibility index (Phi) is 4.58. The van der Waals surface area contributed by atoms with Crippen LogP contribution in [0.25, 0.3) is 10.8 Å². The summed E-state index contributed by atoms with van der Waals surface area (Å²) < 4.78 is 39.4. The van der Waals surface area contributed by atoms with Crippen molar-refractivity contribution in [1.29, 1.82) is 0 Å². The van der Waals surface area contributed by atoms with Crippen LogP contribution in [0.4, 0.5) is 11.4 Å². The Labute approximate surface area is 168 Å². The SMILES string of the molecule is CCN1C(=O)c2cccc3c(NS(=O)(=O)c4cccc(OC)c4OC)ccc1c23. The molecular formula is C21H20N2O5S. The van der Waals surface area contributed by atoms with Crippen LogP contribution in [-0.4, -0.2) is 35.1 Å². The number of nitrogens with zero attached hydrogens (tertiary/aromatic N) is 1. The van der Waals surface area contributed by atoms with Gasteiger partial charge in [-0.15, -0.1) is 0 Å². The average Bonchev–Trinajstić information content (AvgIpc) is 3.01. The zero-order valence-electron chi connectivity index (χ0n) is 16.2. The minimum atomic E-state index is -3.97. The number of nitrogens with one attached hydrogen (secondary N) is 1. The van der Waals surface area contributed by atoms with Crippen molar-refractivity contribution in [2.45, 2.75) is 11.8 Å². The topological polar surface area (TPSA) is 84.9 Å². The van der Waals surface area contributed by atoms with E-state index in [1.165, 1.54) is 20.3 Å². The quantitative estimate of drug-likeness (QED) is 0.668. The monoisotopic (exact) mass is 412 g/mol. The number of para-hydroxylation sites is 1. The molecule has 1 amide bonds. The van der Waals surface area contributed by atoms with E-state index >= 15 is 0 Å². The van der Waals surface area contributed by atoms with Crippen molar-refractivity contribution >= 4 is 38.1 Å². The Balaban J connectivity index is 1.85. The molecule has 29 heavy (non-hydrogen) atoms. The summed E-state index contributed by atoms with van der Waals surface area (Å²) in [5, 5.41) is 1.41. The maximum Gasteiger partial charge on any atom is 0.265 e. The maximum atomic E-state index is 13.1. The van der Waals surface area contributed by atoms with Gasteiger partial charge in [-0.25, -0.2) is 8.42 Å². The number of methoxy groups -OCH3 is 2. The summed E-state index contributed by atoms with van der Waals surface area (Å²) in [6.07, 6.45) is 0. The van der Waals surface area contributed by atoms with Crippen molar-refractivity contribution in [2.24, 2.45) is 0 Å². The van der Waals surface area contributed by atoms with Gasteiger partial charge >= 0.3 is 0 Å². The lowest BCUT2D eigenvalue weighted by Crippen LogP contribution is -2.25. The molecule has 0 radical (unpaired) electrons. The lowest BCUT2D eigenvalue weighted by Gasteiger charge is -2.17. The van der Waals surface area contributed by atoms with Crippen molar-refractivity contribution in [3.63, 3.8) is 0 Å². The highest BCUT2D eigenvalue weighted by atomic mass is 32.2. The fraction of sp³-hybridized carbons (Fsp3) is 0.190. The zero-order valence-corrected chi connectivity index (χ0v) is 17.0. The normalized spacial score (nSPS) is 13.1. The van der Waals surface area contributed by atoms with Crippen LogP contribution in [-0.2, 0) is 10.0 Å². The average molecular weight is 412 g/mol. The summed E-state index contributed by atoms with van der Waals surface area (Å²) in [6, 6.07) is 13.4. The number of carbonyl (C=O) groups is 1. The first-order valence-corrected chi connectivity index (χ1v) is 10.5. The van der Waals surface area contributed by atoms with Crippen LogP contribution >= 0.6 is 0 Å². The number of anilines is 2. The van der Waals surface area contributed by atoms with Gasteiger partial charge in [0, 0.05) is 22.9 Å². The van der Waals surface area contributed by atoms with Gasteiger partial charge in [-0.2, -0.15) is 0 Å². The van der Waals surface area contributed by atoms with Crippen LogP contribution in [0.2, 0.25) is 0 Å². The fourth-order valence-electron chi connectivity index (χ4n) is 3.72. The van der Waals surface area contributed by atoms with Gasteiger partial charge < -0.3 is 14.4 Å². The fourth-order valence-corrected chi connectivity index (χ4v) is 4.98. The maximum absolute atomic E-state index is 13.1. The lowest BCUT2D eigenvalue weighted by molar-refractivity contribution is 0.0994. The van der Waals surface area contributed by atoms with Gasteiger partial charge in [0.25, 0.3) is 15.9 Å². The molecule has 8 heteroatoms. The van der Waals surface area contributed by atoms with Crippen molar-refractivity contribution in [1.82, 2.24) is 0 Å². The summed E-state index contributed by atoms with van der Waals surface area (Å²) in [5.41, 5.74) is 1.74. The molecule has 3 aromatic carbocycles. The third kappa shape index (κ3) is 2.87. The molecule has 1 aliphatic rings. The molecule has 1 heterocycles. The molecule has 0 atom stereocenters. The number of sulfonamides is 1. The van der Waals surface area contributed by atoms with Gasteiger partial charge in [-0.05, 0) is 37.3 Å². The van der Waals surface area contributed by atoms with E-state index in [1.54, 1.807) is 47.4 Å². The molecule has 0 aliphatic carbocycles. The number of benzene rings is 3. The predicted molar refractivity (Wildman–Crippen MR) is 112 cm³/mol. The zero-order chi connectivity index (χ0) is 20.8. The molecule has 0 saturated heterocycles. The number of hydrogen-bond donors (Lipinski definition) is 1. The molecule has 3 aromatic rings. The van der Waals surface area contributed by atoms with E-state index in [1.807, 2.05) is 6.92 Å². The molecule has 1 aliphatic heterocycles. The van der Waals surface area contributed by atoms with Gasteiger partial charge in [0.2, 0.25) is 0 Å². The number of amides is 1. The van der Waals surface area contributed by atoms with E-state index in [0.29, 0.717) is 28.9 Å². The van der Waals surface area contributed by atoms with Crippen molar-refractivity contribution in [3.05, 3.63) is 54.1 Å². The van der Waals surface area contributed by atoms with Gasteiger partial charge in [0.15, 0.2) is 11.5 Å². The van der Waals surface area contributed by atoms with E-state index in [0.717, 1.165) is 11.1 Å². The van der Waals surface area contributed by atoms with Crippen molar-refractivity contribution in [2.75, 3.05) is 30.4 Å². The first-order chi connectivity index (χ1) is 13.9. The van der Waals surface area contributed by atoms with Crippen LogP contribution in [0.3, 0.4) is 0 Å². The highest BCUT2D eigenvalue weighted by Gasteiger charge is 2.30. The van der Waals surface area contributed by atoms with Crippen LogP contribution in [0.1, 0.15) is 17.3 Å². The molecule has 150 valence electrons. The first kappa shape index (κ1) is 19.1. The minimum absolute atomic E-state index is 0.0335. The second kappa shape index (κ2) is 6.97. The largest absolute Gasteiger partial charge is 0.493 e. The molecule has 0 unspecified atom stereocenters. The molecule has 4 rings (SSSR count). The molecule has 0 bridgehead atoms. The third-order valence-electron chi connectivity index (χ3n) is 5.00. The predicted octanol–water partition coefficient (Wildman–Crippen LogP) is 3.64. The summed E-state index contributed by atoms with van der Waals surface area (Å²) in [6.45, 7) is 2.44. The van der Waals surface area contributed by atoms with E-state index in [9.17, 15) is 13.2 Å². The van der Waals surface area contributed by atoms with E-state index < -0.39 is 10.0 Å². The Morgan fingerprint density at radius 2 is 1.76 bits per heavy atom. The second-order valence-electron chi connectivity index (χ2n) is 6.51. The highest BCUT2D eigenvalue weighted by molar-refractivity contribution is 7.92. The highest BCUT2D eigenvalue weighted by Crippen LogP contribution is 2.41. The second-order valence-corrected chi connectivity index (χ2v) is 8.16. The summed E-state index contributed by atoms with van der Waals surface area (Å²) in [5.74, 6) is 0.364. The van der Waals surface area contributed by atoms with Crippen LogP contribution in [0.15, 0.2) is 53.4 Å². The number of hydrogen-bond acceptors (Lipinski definition) is 5. The number of carbonyl (C=O) groups excluding carboxylic acids is 1. The number of rotatable bonds is 6. The summed E-state index contributed by atoms with van der Waals surface area (Å²) in [7, 11) is -1.14. The molecule has 0 saturated carbocycles. The van der Waals surface area contributed by atoms with Crippen LogP contribution in [0, 0.1) is 0 Å². The third-order valence-corrected chi connectivity index (χ3v) is 6.39. The van der Waals surface area contributed by atoms with E-state index in [4.69, 9.17) is 9.47 Å². The molecule has 0 aromatic heterocycles. The Morgan fingerprint density at radius 3 is 2.45 bits per heavy atom. The smallest absolute Gasteiger partial charge is 0.265 e. The standard InChI is InChI=1S/C21H20N2O5S/c1-4-23-16-12-11-15(13-7-5-8-14(19(13)16)21(23)24)22-29(25,26)18-10-6-9-17(27-2)20(18)28-3/h5-12,22H,4H2,1-3H3. The lowest BCUT2D eigenvalue weighted by atomic mass is 10.0. The molecule has 0 fully saturated rings. The van der Waals surface area contributed by atoms with Gasteiger partial charge in [0.1, 0.15) is 4.90 Å². The molecule has 0 spiro atoms. The van der Waals surface area contributed by atoms with Crippen LogP contribution in [0.5, 0.6) is 11.5 Å². The Hall–Kier alpha value is -3.26. The van der Waals surface area contributed by atoms with Gasteiger partial charge in [-0.1, -0.05) is 18.2 Å². The summed E-state index contributed by atoms with van der Waals surface area (Å²) >= 11 is 0. The number of ether oxygens (including phenoxy) is 2. The Morgan fingerprint density at radius 1 is 1.00 bits per heavy atom. The first-order valence-electron chi connectivity index (χ1n) is 9.04. The molecule has 7 nitrogen and oxygen atoms in total. The van der Waals surface area contributed by atoms with Gasteiger partial charge in [0.05, 0.1) is 25.6 Å². The Bertz CT molecular complexity index is 1240. The minimum Gasteiger partial charge on any atom is -0.493 e. The van der Waals surface area contributed by atoms with Crippen molar-refractivity contribution < 1.29 is 22.7 Å². The van der Waals surface area contributed by atoms with Crippen molar-refractivity contribution in [3.8, 4) is 11.5 Å². The van der Waals surface area contributed by atoms with Gasteiger partial charge in [-0.3, -0.25) is 9.52 Å².